The Bertz CT molecular complexity index is 1340. The molecular weight excluding hydrogens is 420 g/mol. The van der Waals surface area contributed by atoms with Gasteiger partial charge in [-0.25, -0.2) is 9.97 Å². The molecule has 2 aliphatic heterocycles. The number of aliphatic hydroxyl groups excluding tert-OH is 1. The topological polar surface area (TPSA) is 121 Å². The van der Waals surface area contributed by atoms with Gasteiger partial charge in [-0.2, -0.15) is 0 Å². The van der Waals surface area contributed by atoms with Crippen LogP contribution in [0.4, 0.5) is 17.2 Å². The maximum absolute atomic E-state index is 12.7. The van der Waals surface area contributed by atoms with Crippen molar-refractivity contribution in [3.05, 3.63) is 60.4 Å². The van der Waals surface area contributed by atoms with E-state index in [1.165, 1.54) is 0 Å². The van der Waals surface area contributed by atoms with Crippen molar-refractivity contribution < 1.29 is 9.90 Å². The largest absolute Gasteiger partial charge is 0.393 e. The van der Waals surface area contributed by atoms with Crippen LogP contribution in [0, 0.1) is 0 Å². The molecule has 0 bridgehead atoms. The zero-order valence-electron chi connectivity index (χ0n) is 17.8. The number of hydrogen-bond acceptors (Lipinski definition) is 8. The average Bonchev–Trinajstić information content (AvgIpc) is 3.48. The Morgan fingerprint density at radius 3 is 2.76 bits per heavy atom. The van der Waals surface area contributed by atoms with Crippen molar-refractivity contribution in [1.82, 2.24) is 29.7 Å². The van der Waals surface area contributed by atoms with E-state index in [2.05, 4.69) is 35.5 Å². The molecule has 0 saturated carbocycles. The van der Waals surface area contributed by atoms with Gasteiger partial charge >= 0.3 is 0 Å². The van der Waals surface area contributed by atoms with Crippen LogP contribution in [0.5, 0.6) is 0 Å². The predicted octanol–water partition coefficient (Wildman–Crippen LogP) is 2.13. The molecule has 1 fully saturated rings. The summed E-state index contributed by atoms with van der Waals surface area (Å²) in [6, 6.07) is 3.89. The van der Waals surface area contributed by atoms with Gasteiger partial charge in [-0.3, -0.25) is 19.2 Å². The Morgan fingerprint density at radius 2 is 1.94 bits per heavy atom. The van der Waals surface area contributed by atoms with Gasteiger partial charge in [-0.1, -0.05) is 0 Å². The minimum atomic E-state index is -0.213. The van der Waals surface area contributed by atoms with Gasteiger partial charge in [0.15, 0.2) is 5.65 Å². The number of amides is 1. The molecule has 0 aliphatic carbocycles. The Kier molecular flexibility index (Phi) is 4.65. The smallest absolute Gasteiger partial charge is 0.254 e. The minimum absolute atomic E-state index is 0.148. The summed E-state index contributed by atoms with van der Waals surface area (Å²) in [5.41, 5.74) is 5.19. The molecule has 0 unspecified atom stereocenters. The molecule has 1 saturated heterocycles. The summed E-state index contributed by atoms with van der Waals surface area (Å²) in [6.45, 7) is 2.02. The number of pyridine rings is 2. The van der Waals surface area contributed by atoms with Crippen molar-refractivity contribution in [3.63, 3.8) is 0 Å². The van der Waals surface area contributed by atoms with Crippen molar-refractivity contribution >= 4 is 28.7 Å². The van der Waals surface area contributed by atoms with E-state index in [9.17, 15) is 9.90 Å². The predicted molar refractivity (Wildman–Crippen MR) is 122 cm³/mol. The van der Waals surface area contributed by atoms with Crippen LogP contribution in [0.1, 0.15) is 28.8 Å². The minimum Gasteiger partial charge on any atom is -0.393 e. The Balaban J connectivity index is 1.31. The van der Waals surface area contributed by atoms with E-state index < -0.39 is 0 Å². The number of hydrogen-bond donors (Lipinski definition) is 3. The Morgan fingerprint density at radius 1 is 1.06 bits per heavy atom. The number of carbonyl (C=O) groups excluding carboxylic acids is 1. The molecule has 1 amide bonds. The molecule has 0 spiro atoms. The molecule has 4 aromatic rings. The molecule has 10 heteroatoms. The van der Waals surface area contributed by atoms with Crippen LogP contribution in [0.15, 0.2) is 49.3 Å². The first kappa shape index (κ1) is 19.6. The highest BCUT2D eigenvalue weighted by Gasteiger charge is 2.28. The lowest BCUT2D eigenvalue weighted by Gasteiger charge is -2.31. The van der Waals surface area contributed by atoms with Crippen molar-refractivity contribution in [2.45, 2.75) is 25.5 Å². The van der Waals surface area contributed by atoms with Gasteiger partial charge in [0, 0.05) is 37.6 Å². The van der Waals surface area contributed by atoms with Crippen LogP contribution >= 0.6 is 0 Å². The summed E-state index contributed by atoms with van der Waals surface area (Å²) in [6.07, 6.45) is 11.8. The standard InChI is InChI=1S/C23H22N8O2/c32-15-3-6-30(7-4-15)14-1-2-19(26-9-14)29-17-11-27-22(16-10-28-23(33)21(16)17)18-12-24-13-20-25-5-8-31(18)20/h1-2,5,8-9,11-13,15,32H,3-4,6-7,10H2,(H,26,29)(H,28,33). The van der Waals surface area contributed by atoms with Crippen molar-refractivity contribution in [2.24, 2.45) is 0 Å². The molecule has 6 heterocycles. The van der Waals surface area contributed by atoms with Gasteiger partial charge in [0.05, 0.1) is 59.2 Å². The maximum atomic E-state index is 12.7. The first-order valence-corrected chi connectivity index (χ1v) is 10.9. The monoisotopic (exact) mass is 442 g/mol. The highest BCUT2D eigenvalue weighted by Crippen LogP contribution is 2.33. The SMILES string of the molecule is O=C1NCc2c(-c3cncc4nccn34)ncc(Nc3ccc(N4CCC(O)CC4)cn3)c21. The Labute approximate surface area is 189 Å². The van der Waals surface area contributed by atoms with Crippen LogP contribution < -0.4 is 15.5 Å². The highest BCUT2D eigenvalue weighted by atomic mass is 16.3. The number of fused-ring (bicyclic) bond motifs is 2. The molecule has 4 aromatic heterocycles. The number of aromatic nitrogens is 5. The van der Waals surface area contributed by atoms with Crippen molar-refractivity contribution in [2.75, 3.05) is 23.3 Å². The number of piperidine rings is 1. The van der Waals surface area contributed by atoms with Gasteiger partial charge in [0.1, 0.15) is 5.82 Å². The molecule has 166 valence electrons. The lowest BCUT2D eigenvalue weighted by atomic mass is 10.1. The molecule has 0 aromatic carbocycles. The van der Waals surface area contributed by atoms with E-state index in [0.29, 0.717) is 29.3 Å². The van der Waals surface area contributed by atoms with Gasteiger partial charge in [0.25, 0.3) is 5.91 Å². The number of anilines is 3. The summed E-state index contributed by atoms with van der Waals surface area (Å²) in [4.78, 5) is 32.7. The number of rotatable bonds is 4. The lowest BCUT2D eigenvalue weighted by molar-refractivity contribution is 0.0966. The summed E-state index contributed by atoms with van der Waals surface area (Å²) >= 11 is 0. The fraction of sp³-hybridized carbons (Fsp3) is 0.261. The quantitative estimate of drug-likeness (QED) is 0.440. The first-order valence-electron chi connectivity index (χ1n) is 10.9. The summed E-state index contributed by atoms with van der Waals surface area (Å²) in [5, 5.41) is 15.9. The molecule has 6 rings (SSSR count). The fourth-order valence-corrected chi connectivity index (χ4v) is 4.49. The second kappa shape index (κ2) is 7.82. The molecule has 33 heavy (non-hydrogen) atoms. The highest BCUT2D eigenvalue weighted by molar-refractivity contribution is 6.05. The first-order chi connectivity index (χ1) is 16.2. The second-order valence-corrected chi connectivity index (χ2v) is 8.25. The molecule has 3 N–H and O–H groups in total. The molecule has 2 aliphatic rings. The third-order valence-corrected chi connectivity index (χ3v) is 6.23. The summed E-state index contributed by atoms with van der Waals surface area (Å²) in [5.74, 6) is 0.482. The number of imidazole rings is 1. The molecule has 0 atom stereocenters. The van der Waals surface area contributed by atoms with E-state index in [1.54, 1.807) is 24.8 Å². The normalized spacial score (nSPS) is 16.2. The molecule has 0 radical (unpaired) electrons. The van der Waals surface area contributed by atoms with E-state index in [1.807, 2.05) is 28.9 Å². The third kappa shape index (κ3) is 3.44. The van der Waals surface area contributed by atoms with Crippen LogP contribution in [0.3, 0.4) is 0 Å². The van der Waals surface area contributed by atoms with E-state index in [-0.39, 0.29) is 12.0 Å². The van der Waals surface area contributed by atoms with Crippen molar-refractivity contribution in [3.8, 4) is 11.4 Å². The summed E-state index contributed by atoms with van der Waals surface area (Å²) in [7, 11) is 0. The van der Waals surface area contributed by atoms with Crippen molar-refractivity contribution in [1.29, 1.82) is 0 Å². The Hall–Kier alpha value is -4.05. The zero-order chi connectivity index (χ0) is 22.4. The van der Waals surface area contributed by atoms with E-state index in [4.69, 9.17) is 0 Å². The number of nitrogens with zero attached hydrogens (tertiary/aromatic N) is 6. The second-order valence-electron chi connectivity index (χ2n) is 8.25. The van der Waals surface area contributed by atoms with Gasteiger partial charge in [-0.15, -0.1) is 0 Å². The fourth-order valence-electron chi connectivity index (χ4n) is 4.49. The van der Waals surface area contributed by atoms with Crippen LogP contribution in [0.2, 0.25) is 0 Å². The number of carbonyl (C=O) groups is 1. The van der Waals surface area contributed by atoms with Gasteiger partial charge in [0.2, 0.25) is 0 Å². The molecule has 10 nitrogen and oxygen atoms in total. The van der Waals surface area contributed by atoms with Crippen LogP contribution in [0.25, 0.3) is 17.0 Å². The van der Waals surface area contributed by atoms with Gasteiger partial charge < -0.3 is 20.6 Å². The number of nitrogens with one attached hydrogen (secondary N) is 2. The zero-order valence-corrected chi connectivity index (χ0v) is 17.8. The average molecular weight is 442 g/mol. The van der Waals surface area contributed by atoms with E-state index >= 15 is 0 Å². The van der Waals surface area contributed by atoms with E-state index in [0.717, 1.165) is 48.5 Å². The third-order valence-electron chi connectivity index (χ3n) is 6.23. The lowest BCUT2D eigenvalue weighted by Crippen LogP contribution is -2.35. The molecular formula is C23H22N8O2. The van der Waals surface area contributed by atoms with Crippen LogP contribution in [-0.4, -0.2) is 54.5 Å². The number of aliphatic hydroxyl groups is 1. The van der Waals surface area contributed by atoms with Crippen LogP contribution in [-0.2, 0) is 6.54 Å². The maximum Gasteiger partial charge on any atom is 0.254 e. The summed E-state index contributed by atoms with van der Waals surface area (Å²) < 4.78 is 1.91. The van der Waals surface area contributed by atoms with Gasteiger partial charge in [-0.05, 0) is 25.0 Å².